The van der Waals surface area contributed by atoms with E-state index in [4.69, 9.17) is 5.73 Å². The van der Waals surface area contributed by atoms with E-state index >= 15 is 0 Å². The van der Waals surface area contributed by atoms with E-state index in [0.717, 1.165) is 25.8 Å². The number of carbonyl (C=O) groups excluding carboxylic acids is 1. The van der Waals surface area contributed by atoms with E-state index in [1.165, 1.54) is 12.0 Å². The van der Waals surface area contributed by atoms with Crippen molar-refractivity contribution in [2.45, 2.75) is 38.3 Å². The highest BCUT2D eigenvalue weighted by Gasteiger charge is 2.28. The second-order valence-corrected chi connectivity index (χ2v) is 4.50. The molecule has 1 aromatic rings. The molecule has 0 spiro atoms. The van der Waals surface area contributed by atoms with E-state index in [2.05, 4.69) is 10.3 Å². The zero-order chi connectivity index (χ0) is 11.4. The first-order valence-corrected chi connectivity index (χ1v) is 5.92. The van der Waals surface area contributed by atoms with Crippen molar-refractivity contribution in [1.82, 2.24) is 10.3 Å². The van der Waals surface area contributed by atoms with Crippen molar-refractivity contribution in [2.75, 3.05) is 0 Å². The molecule has 1 aromatic heterocycles. The van der Waals surface area contributed by atoms with Crippen LogP contribution < -0.4 is 11.1 Å². The number of nitrogens with one attached hydrogen (secondary N) is 2. The van der Waals surface area contributed by atoms with Crippen LogP contribution in [0.4, 0.5) is 0 Å². The van der Waals surface area contributed by atoms with Gasteiger partial charge in [-0.25, -0.2) is 0 Å². The summed E-state index contributed by atoms with van der Waals surface area (Å²) in [7, 11) is 0. The summed E-state index contributed by atoms with van der Waals surface area (Å²) in [6.07, 6.45) is 8.17. The molecule has 16 heavy (non-hydrogen) atoms. The highest BCUT2D eigenvalue weighted by Crippen LogP contribution is 2.24. The lowest BCUT2D eigenvalue weighted by Gasteiger charge is -2.30. The Kier molecular flexibility index (Phi) is 3.62. The van der Waals surface area contributed by atoms with Crippen LogP contribution in [0.1, 0.15) is 31.2 Å². The maximum absolute atomic E-state index is 11.3. The number of H-pyrrole nitrogens is 1. The van der Waals surface area contributed by atoms with Crippen molar-refractivity contribution in [1.29, 1.82) is 0 Å². The predicted molar refractivity (Wildman–Crippen MR) is 62.6 cm³/mol. The molecule has 88 valence electrons. The van der Waals surface area contributed by atoms with Crippen LogP contribution in [0.3, 0.4) is 0 Å². The lowest BCUT2D eigenvalue weighted by Crippen LogP contribution is -2.44. The van der Waals surface area contributed by atoms with Gasteiger partial charge >= 0.3 is 0 Å². The molecule has 1 saturated carbocycles. The predicted octanol–water partition coefficient (Wildman–Crippen LogP) is 1.15. The molecule has 1 fully saturated rings. The minimum atomic E-state index is -0.161. The third kappa shape index (κ3) is 2.64. The smallest absolute Gasteiger partial charge is 0.222 e. The fourth-order valence-electron chi connectivity index (χ4n) is 2.43. The SMILES string of the molecule is NC(=O)C1CCCCC1NCc1cc[nH]c1. The number of hydrogen-bond acceptors (Lipinski definition) is 2. The molecule has 1 aliphatic rings. The number of aromatic amines is 1. The summed E-state index contributed by atoms with van der Waals surface area (Å²) in [5, 5.41) is 3.43. The van der Waals surface area contributed by atoms with Crippen molar-refractivity contribution >= 4 is 5.91 Å². The van der Waals surface area contributed by atoms with Crippen LogP contribution in [0.5, 0.6) is 0 Å². The normalized spacial score (nSPS) is 25.5. The average Bonchev–Trinajstić information content (AvgIpc) is 2.79. The van der Waals surface area contributed by atoms with Crippen LogP contribution in [-0.4, -0.2) is 16.9 Å². The lowest BCUT2D eigenvalue weighted by atomic mass is 9.84. The topological polar surface area (TPSA) is 70.9 Å². The Balaban J connectivity index is 1.89. The van der Waals surface area contributed by atoms with Crippen molar-refractivity contribution < 1.29 is 4.79 Å². The Bertz CT molecular complexity index is 334. The van der Waals surface area contributed by atoms with Crippen molar-refractivity contribution in [3.05, 3.63) is 24.0 Å². The van der Waals surface area contributed by atoms with Crippen LogP contribution in [-0.2, 0) is 11.3 Å². The molecular weight excluding hydrogens is 202 g/mol. The second-order valence-electron chi connectivity index (χ2n) is 4.50. The minimum absolute atomic E-state index is 0.00712. The van der Waals surface area contributed by atoms with E-state index in [1.807, 2.05) is 18.5 Å². The van der Waals surface area contributed by atoms with Gasteiger partial charge in [0.25, 0.3) is 0 Å². The molecule has 0 saturated heterocycles. The Morgan fingerprint density at radius 3 is 3.00 bits per heavy atom. The molecule has 2 rings (SSSR count). The summed E-state index contributed by atoms with van der Waals surface area (Å²) in [6.45, 7) is 0.804. The van der Waals surface area contributed by atoms with Crippen LogP contribution in [0.2, 0.25) is 0 Å². The molecule has 1 aliphatic carbocycles. The first kappa shape index (κ1) is 11.2. The van der Waals surface area contributed by atoms with Gasteiger partial charge in [0, 0.05) is 25.0 Å². The standard InChI is InChI=1S/C12H19N3O/c13-12(16)10-3-1-2-4-11(10)15-8-9-5-6-14-7-9/h5-7,10-11,14-15H,1-4,8H2,(H2,13,16). The molecule has 2 unspecified atom stereocenters. The molecule has 1 heterocycles. The highest BCUT2D eigenvalue weighted by atomic mass is 16.1. The van der Waals surface area contributed by atoms with Crippen molar-refractivity contribution in [2.24, 2.45) is 11.7 Å². The van der Waals surface area contributed by atoms with Crippen LogP contribution in [0.25, 0.3) is 0 Å². The Hall–Kier alpha value is -1.29. The van der Waals surface area contributed by atoms with Gasteiger partial charge in [-0.2, -0.15) is 0 Å². The third-order valence-electron chi connectivity index (χ3n) is 3.36. The molecule has 0 aliphatic heterocycles. The van der Waals surface area contributed by atoms with E-state index in [0.29, 0.717) is 0 Å². The Morgan fingerprint density at radius 2 is 2.31 bits per heavy atom. The van der Waals surface area contributed by atoms with Crippen LogP contribution in [0, 0.1) is 5.92 Å². The van der Waals surface area contributed by atoms with Gasteiger partial charge in [-0.1, -0.05) is 12.8 Å². The van der Waals surface area contributed by atoms with Gasteiger partial charge in [0.15, 0.2) is 0 Å². The van der Waals surface area contributed by atoms with Crippen molar-refractivity contribution in [3.63, 3.8) is 0 Å². The molecular formula is C12H19N3O. The summed E-state index contributed by atoms with van der Waals surface area (Å²) in [4.78, 5) is 14.3. The van der Waals surface area contributed by atoms with Crippen LogP contribution >= 0.6 is 0 Å². The number of primary amides is 1. The van der Waals surface area contributed by atoms with Crippen molar-refractivity contribution in [3.8, 4) is 0 Å². The highest BCUT2D eigenvalue weighted by molar-refractivity contribution is 5.77. The number of carbonyl (C=O) groups is 1. The average molecular weight is 221 g/mol. The summed E-state index contributed by atoms with van der Waals surface area (Å²) < 4.78 is 0. The van der Waals surface area contributed by atoms with Crippen LogP contribution in [0.15, 0.2) is 18.5 Å². The zero-order valence-electron chi connectivity index (χ0n) is 9.41. The summed E-state index contributed by atoms with van der Waals surface area (Å²) in [5.74, 6) is -0.154. The molecule has 0 aromatic carbocycles. The maximum Gasteiger partial charge on any atom is 0.222 e. The summed E-state index contributed by atoms with van der Waals surface area (Å²) in [6, 6.07) is 2.29. The van der Waals surface area contributed by atoms with E-state index < -0.39 is 0 Å². The molecule has 0 bridgehead atoms. The molecule has 2 atom stereocenters. The van der Waals surface area contributed by atoms with E-state index in [-0.39, 0.29) is 17.9 Å². The Morgan fingerprint density at radius 1 is 1.50 bits per heavy atom. The fraction of sp³-hybridized carbons (Fsp3) is 0.583. The Labute approximate surface area is 95.6 Å². The van der Waals surface area contributed by atoms with Gasteiger partial charge in [0.05, 0.1) is 5.92 Å². The largest absolute Gasteiger partial charge is 0.369 e. The molecule has 1 amide bonds. The number of amides is 1. The number of rotatable bonds is 4. The monoisotopic (exact) mass is 221 g/mol. The van der Waals surface area contributed by atoms with Gasteiger partial charge in [-0.05, 0) is 24.5 Å². The fourth-order valence-corrected chi connectivity index (χ4v) is 2.43. The molecule has 4 heteroatoms. The van der Waals surface area contributed by atoms with Gasteiger partial charge < -0.3 is 16.0 Å². The third-order valence-corrected chi connectivity index (χ3v) is 3.36. The van der Waals surface area contributed by atoms with Gasteiger partial charge in [-0.3, -0.25) is 4.79 Å². The summed E-state index contributed by atoms with van der Waals surface area (Å²) in [5.41, 5.74) is 6.64. The maximum atomic E-state index is 11.3. The summed E-state index contributed by atoms with van der Waals surface area (Å²) >= 11 is 0. The van der Waals surface area contributed by atoms with Gasteiger partial charge in [0.1, 0.15) is 0 Å². The molecule has 4 nitrogen and oxygen atoms in total. The second kappa shape index (κ2) is 5.16. The van der Waals surface area contributed by atoms with Gasteiger partial charge in [0.2, 0.25) is 5.91 Å². The van der Waals surface area contributed by atoms with E-state index in [9.17, 15) is 4.79 Å². The zero-order valence-corrected chi connectivity index (χ0v) is 9.41. The minimum Gasteiger partial charge on any atom is -0.369 e. The molecule has 0 radical (unpaired) electrons. The van der Waals surface area contributed by atoms with E-state index in [1.54, 1.807) is 0 Å². The number of hydrogen-bond donors (Lipinski definition) is 3. The first-order chi connectivity index (χ1) is 7.77. The van der Waals surface area contributed by atoms with Gasteiger partial charge in [-0.15, -0.1) is 0 Å². The lowest BCUT2D eigenvalue weighted by molar-refractivity contribution is -0.123. The first-order valence-electron chi connectivity index (χ1n) is 5.92. The number of nitrogens with two attached hydrogens (primary N) is 1. The number of aromatic nitrogens is 1. The molecule has 4 N–H and O–H groups in total. The quantitative estimate of drug-likeness (QED) is 0.713.